The Bertz CT molecular complexity index is 974. The number of ether oxygens (including phenoxy) is 1. The number of carboxylic acid groups (broad SMARTS) is 1. The van der Waals surface area contributed by atoms with Crippen molar-refractivity contribution in [3.63, 3.8) is 0 Å². The van der Waals surface area contributed by atoms with Gasteiger partial charge in [0.2, 0.25) is 0 Å². The number of likely N-dealkylation sites (tertiary alicyclic amines) is 1. The van der Waals surface area contributed by atoms with E-state index in [9.17, 15) is 23.1 Å². The second-order valence-electron chi connectivity index (χ2n) is 6.77. The summed E-state index contributed by atoms with van der Waals surface area (Å²) in [5.41, 5.74) is 1.65. The van der Waals surface area contributed by atoms with Crippen LogP contribution in [-0.2, 0) is 30.4 Å². The lowest BCUT2D eigenvalue weighted by Crippen LogP contribution is -2.40. The first-order chi connectivity index (χ1) is 13.8. The highest BCUT2D eigenvalue weighted by molar-refractivity contribution is 7.86. The minimum Gasteiger partial charge on any atom is -0.465 e. The van der Waals surface area contributed by atoms with E-state index in [0.717, 1.165) is 16.0 Å². The molecule has 2 aromatic carbocycles. The number of rotatable bonds is 6. The maximum absolute atomic E-state index is 12.5. The number of esters is 1. The smallest absolute Gasteiger partial charge is 0.408 e. The van der Waals surface area contributed by atoms with Gasteiger partial charge >= 0.3 is 12.1 Å². The minimum absolute atomic E-state index is 0.00315. The second kappa shape index (κ2) is 8.62. The molecule has 0 saturated carbocycles. The standard InChI is InChI=1S/C20H21NO7S/c1-14-7-9-17(10-8-14)29(25,26)28-16-11-18(21(12-16)20(23)24)19(22)27-13-15-5-3-2-4-6-15/h2-10,16,18H,11-13H2,1H3,(H,23,24)/t16-,18-/m1/s1. The average molecular weight is 419 g/mol. The highest BCUT2D eigenvalue weighted by Gasteiger charge is 2.43. The molecule has 2 atom stereocenters. The monoisotopic (exact) mass is 419 g/mol. The van der Waals surface area contributed by atoms with Crippen LogP contribution in [-0.4, -0.2) is 49.2 Å². The zero-order valence-electron chi connectivity index (χ0n) is 15.7. The molecule has 3 rings (SSSR count). The Morgan fingerprint density at radius 1 is 1.10 bits per heavy atom. The molecule has 0 aliphatic carbocycles. The van der Waals surface area contributed by atoms with Gasteiger partial charge in [-0.05, 0) is 24.6 Å². The molecule has 9 heteroatoms. The zero-order valence-corrected chi connectivity index (χ0v) is 16.5. The van der Waals surface area contributed by atoms with Crippen molar-refractivity contribution in [2.45, 2.75) is 37.0 Å². The van der Waals surface area contributed by atoms with E-state index in [1.54, 1.807) is 36.4 Å². The Morgan fingerprint density at radius 3 is 2.38 bits per heavy atom. The van der Waals surface area contributed by atoms with Gasteiger partial charge in [-0.25, -0.2) is 9.59 Å². The van der Waals surface area contributed by atoms with Gasteiger partial charge in [-0.1, -0.05) is 48.0 Å². The number of nitrogens with zero attached hydrogens (tertiary/aromatic N) is 1. The van der Waals surface area contributed by atoms with Gasteiger partial charge in [0.15, 0.2) is 0 Å². The topological polar surface area (TPSA) is 110 Å². The number of benzene rings is 2. The molecule has 1 N–H and O–H groups in total. The van der Waals surface area contributed by atoms with Gasteiger partial charge in [-0.3, -0.25) is 9.08 Å². The van der Waals surface area contributed by atoms with Crippen LogP contribution in [0.15, 0.2) is 59.5 Å². The summed E-state index contributed by atoms with van der Waals surface area (Å²) in [6, 6.07) is 13.9. The summed E-state index contributed by atoms with van der Waals surface area (Å²) in [6.45, 7) is 1.58. The number of amides is 1. The Hall–Kier alpha value is -2.91. The van der Waals surface area contributed by atoms with Gasteiger partial charge < -0.3 is 9.84 Å². The van der Waals surface area contributed by atoms with Gasteiger partial charge in [-0.2, -0.15) is 8.42 Å². The molecule has 2 aromatic rings. The molecule has 1 heterocycles. The van der Waals surface area contributed by atoms with E-state index in [4.69, 9.17) is 8.92 Å². The first-order valence-electron chi connectivity index (χ1n) is 8.96. The Labute approximate surface area is 168 Å². The SMILES string of the molecule is Cc1ccc(S(=O)(=O)O[C@@H]2C[C@H](C(=O)OCc3ccccc3)N(C(=O)O)C2)cc1. The van der Waals surface area contributed by atoms with Gasteiger partial charge in [0, 0.05) is 6.42 Å². The third-order valence-corrected chi connectivity index (χ3v) is 5.95. The second-order valence-corrected chi connectivity index (χ2v) is 8.34. The third-order valence-electron chi connectivity index (χ3n) is 4.58. The van der Waals surface area contributed by atoms with Gasteiger partial charge in [-0.15, -0.1) is 0 Å². The van der Waals surface area contributed by atoms with Crippen molar-refractivity contribution in [3.8, 4) is 0 Å². The van der Waals surface area contributed by atoms with Crippen LogP contribution in [0.25, 0.3) is 0 Å². The van der Waals surface area contributed by atoms with Gasteiger partial charge in [0.25, 0.3) is 10.1 Å². The van der Waals surface area contributed by atoms with E-state index in [1.165, 1.54) is 12.1 Å². The molecule has 1 aliphatic rings. The third kappa shape index (κ3) is 5.12. The molecule has 0 unspecified atom stereocenters. The van der Waals surface area contributed by atoms with Crippen LogP contribution >= 0.6 is 0 Å². The van der Waals surface area contributed by atoms with Crippen molar-refractivity contribution in [2.24, 2.45) is 0 Å². The molecule has 0 aromatic heterocycles. The molecule has 0 radical (unpaired) electrons. The van der Waals surface area contributed by atoms with Gasteiger partial charge in [0.1, 0.15) is 12.6 Å². The normalized spacial score (nSPS) is 19.1. The van der Waals surface area contributed by atoms with E-state index in [0.29, 0.717) is 0 Å². The summed E-state index contributed by atoms with van der Waals surface area (Å²) in [6.07, 6.45) is -2.43. The number of carbonyl (C=O) groups excluding carboxylic acids is 1. The summed E-state index contributed by atoms with van der Waals surface area (Å²) < 4.78 is 35.3. The lowest BCUT2D eigenvalue weighted by Gasteiger charge is -2.19. The van der Waals surface area contributed by atoms with Crippen molar-refractivity contribution in [1.82, 2.24) is 4.90 Å². The van der Waals surface area contributed by atoms with Gasteiger partial charge in [0.05, 0.1) is 17.5 Å². The van der Waals surface area contributed by atoms with Crippen LogP contribution < -0.4 is 0 Å². The molecule has 154 valence electrons. The van der Waals surface area contributed by atoms with E-state index < -0.39 is 34.3 Å². The van der Waals surface area contributed by atoms with Crippen molar-refractivity contribution in [1.29, 1.82) is 0 Å². The highest BCUT2D eigenvalue weighted by Crippen LogP contribution is 2.26. The quantitative estimate of drug-likeness (QED) is 0.566. The van der Waals surface area contributed by atoms with Crippen molar-refractivity contribution in [2.75, 3.05) is 6.54 Å². The van der Waals surface area contributed by atoms with Crippen molar-refractivity contribution >= 4 is 22.2 Å². The molecule has 29 heavy (non-hydrogen) atoms. The zero-order chi connectivity index (χ0) is 21.0. The van der Waals surface area contributed by atoms with Crippen molar-refractivity contribution in [3.05, 3.63) is 65.7 Å². The number of hydrogen-bond acceptors (Lipinski definition) is 6. The number of carbonyl (C=O) groups is 2. The van der Waals surface area contributed by atoms with Crippen LogP contribution in [0.1, 0.15) is 17.5 Å². The lowest BCUT2D eigenvalue weighted by atomic mass is 10.2. The summed E-state index contributed by atoms with van der Waals surface area (Å²) >= 11 is 0. The first kappa shape index (κ1) is 20.8. The van der Waals surface area contributed by atoms with E-state index in [1.807, 2.05) is 13.0 Å². The fourth-order valence-corrected chi connectivity index (χ4v) is 4.14. The summed E-state index contributed by atoms with van der Waals surface area (Å²) in [5.74, 6) is -0.741. The van der Waals surface area contributed by atoms with Crippen LogP contribution in [0.2, 0.25) is 0 Å². The van der Waals surface area contributed by atoms with Crippen LogP contribution in [0.5, 0.6) is 0 Å². The summed E-state index contributed by atoms with van der Waals surface area (Å²) in [5, 5.41) is 9.39. The molecular formula is C20H21NO7S. The van der Waals surface area contributed by atoms with E-state index in [-0.39, 0.29) is 24.5 Å². The Balaban J connectivity index is 1.67. The van der Waals surface area contributed by atoms with E-state index in [2.05, 4.69) is 0 Å². The van der Waals surface area contributed by atoms with Crippen LogP contribution in [0.3, 0.4) is 0 Å². The van der Waals surface area contributed by atoms with Crippen molar-refractivity contribution < 1.29 is 32.0 Å². The van der Waals surface area contributed by atoms with E-state index >= 15 is 0 Å². The minimum atomic E-state index is -4.09. The molecule has 8 nitrogen and oxygen atoms in total. The molecule has 0 bridgehead atoms. The fourth-order valence-electron chi connectivity index (χ4n) is 3.07. The Morgan fingerprint density at radius 2 is 1.76 bits per heavy atom. The highest BCUT2D eigenvalue weighted by atomic mass is 32.2. The maximum Gasteiger partial charge on any atom is 0.408 e. The lowest BCUT2D eigenvalue weighted by molar-refractivity contribution is -0.149. The predicted octanol–water partition coefficient (Wildman–Crippen LogP) is 2.56. The largest absolute Gasteiger partial charge is 0.465 e. The summed E-state index contributed by atoms with van der Waals surface area (Å²) in [4.78, 5) is 24.8. The molecule has 1 saturated heterocycles. The molecule has 1 fully saturated rings. The molecule has 1 amide bonds. The first-order valence-corrected chi connectivity index (χ1v) is 10.4. The number of hydrogen-bond donors (Lipinski definition) is 1. The fraction of sp³-hybridized carbons (Fsp3) is 0.300. The maximum atomic E-state index is 12.5. The molecule has 1 aliphatic heterocycles. The average Bonchev–Trinajstić information content (AvgIpc) is 3.11. The molecule has 0 spiro atoms. The van der Waals surface area contributed by atoms with Crippen LogP contribution in [0.4, 0.5) is 4.79 Å². The number of aryl methyl sites for hydroxylation is 1. The Kier molecular flexibility index (Phi) is 6.19. The molecular weight excluding hydrogens is 398 g/mol. The predicted molar refractivity (Wildman–Crippen MR) is 103 cm³/mol. The van der Waals surface area contributed by atoms with Crippen LogP contribution in [0, 0.1) is 6.92 Å². The summed E-state index contributed by atoms with van der Waals surface area (Å²) in [7, 11) is -4.09.